The molecule has 5 heterocycles. The Bertz CT molecular complexity index is 3120. The van der Waals surface area contributed by atoms with Gasteiger partial charge in [0.1, 0.15) is 5.75 Å². The van der Waals surface area contributed by atoms with Crippen molar-refractivity contribution in [2.75, 3.05) is 7.11 Å². The molecule has 10 rings (SSSR count). The monoisotopic (exact) mass is 844 g/mol. The van der Waals surface area contributed by atoms with Crippen molar-refractivity contribution in [3.8, 4) is 39.1 Å². The molecule has 0 spiro atoms. The average Bonchev–Trinajstić information content (AvgIpc) is 4.13. The van der Waals surface area contributed by atoms with Gasteiger partial charge in [-0.1, -0.05) is 121 Å². The molecule has 7 aromatic rings. The Morgan fingerprint density at radius 1 is 0.475 bits per heavy atom. The first kappa shape index (κ1) is 39.3. The summed E-state index contributed by atoms with van der Waals surface area (Å²) < 4.78 is 11.8. The van der Waals surface area contributed by atoms with Crippen molar-refractivity contribution in [3.63, 3.8) is 0 Å². The number of fused-ring (bicyclic) bond motifs is 9. The molecule has 9 heteroatoms. The normalized spacial score (nSPS) is 13.0. The van der Waals surface area contributed by atoms with Crippen LogP contribution in [0.5, 0.6) is 5.75 Å². The smallest absolute Gasteiger partial charge is 0.657 e. The zero-order valence-corrected chi connectivity index (χ0v) is 36.7. The summed E-state index contributed by atoms with van der Waals surface area (Å²) in [6, 6.07) is 42.6. The summed E-state index contributed by atoms with van der Waals surface area (Å²) in [4.78, 5) is 50.4. The van der Waals surface area contributed by atoms with Gasteiger partial charge >= 0.3 is 19.5 Å². The number of carbonyl (C=O) groups excluding carboxylic acids is 2. The second-order valence-corrected chi connectivity index (χ2v) is 14.9. The van der Waals surface area contributed by atoms with E-state index < -0.39 is 6.10 Å². The van der Waals surface area contributed by atoms with Crippen LogP contribution in [0, 0.1) is 0 Å². The van der Waals surface area contributed by atoms with E-state index in [0.717, 1.165) is 50.3 Å². The molecule has 0 fully saturated rings. The Morgan fingerprint density at radius 3 is 1.31 bits per heavy atom. The summed E-state index contributed by atoms with van der Waals surface area (Å²) in [7, 11) is 1.65. The summed E-state index contributed by atoms with van der Waals surface area (Å²) in [5, 5.41) is 0. The molecule has 4 aromatic carbocycles. The van der Waals surface area contributed by atoms with Gasteiger partial charge in [-0.15, -0.1) is 22.1 Å². The van der Waals surface area contributed by atoms with Crippen molar-refractivity contribution in [2.45, 2.75) is 20.0 Å². The molecule has 2 aliphatic heterocycles. The fourth-order valence-corrected chi connectivity index (χ4v) is 8.13. The van der Waals surface area contributed by atoms with Gasteiger partial charge in [-0.25, -0.2) is 9.97 Å². The minimum Gasteiger partial charge on any atom is -0.657 e. The molecule has 8 nitrogen and oxygen atoms in total. The second kappa shape index (κ2) is 16.1. The van der Waals surface area contributed by atoms with E-state index in [2.05, 4.69) is 0 Å². The number of ether oxygens (including phenoxy) is 2. The van der Waals surface area contributed by atoms with Crippen LogP contribution in [-0.2, 0) is 24.2 Å². The standard InChI is InChI=1S/C52H38N4O4.Zn/c1-30(2)60-52-49(50(57)35-16-10-11-17-36(35)51(52)58)48-43-28-26-39(55-43)45(31-12-6-4-7-13-31)37-22-24-41(53-37)47(33-18-20-34(59-3)21-19-33)42-25-23-38(54-42)46(32-14-8-5-9-15-32)40-27-29-44(48)56-40;/h4-30H,1-3H3,(H2,53,54,55,56,57,58);/q;+2/p-2. The number of Topliss-reactive ketones (excluding diaryl/α,β-unsaturated/α-hetero) is 2. The quantitative estimate of drug-likeness (QED) is 0.146. The third-order valence-electron chi connectivity index (χ3n) is 10.8. The van der Waals surface area contributed by atoms with Crippen LogP contribution in [0.4, 0.5) is 0 Å². The molecule has 0 N–H and O–H groups in total. The van der Waals surface area contributed by atoms with Gasteiger partial charge in [0.15, 0.2) is 11.5 Å². The van der Waals surface area contributed by atoms with Crippen LogP contribution in [0.15, 0.2) is 139 Å². The Morgan fingerprint density at radius 2 is 0.869 bits per heavy atom. The molecule has 0 unspecified atom stereocenters. The van der Waals surface area contributed by atoms with Gasteiger partial charge in [0.25, 0.3) is 0 Å². The number of methoxy groups -OCH3 is 1. The zero-order valence-electron chi connectivity index (χ0n) is 33.7. The Hall–Kier alpha value is -7.22. The third-order valence-corrected chi connectivity index (χ3v) is 10.8. The number of allylic oxidation sites excluding steroid dienone is 2. The van der Waals surface area contributed by atoms with E-state index in [4.69, 9.17) is 29.4 Å². The number of hydrogen-bond donors (Lipinski definition) is 0. The molecule has 8 bridgehead atoms. The van der Waals surface area contributed by atoms with Crippen LogP contribution < -0.4 is 14.7 Å². The number of nitrogens with zero attached hydrogens (tertiary/aromatic N) is 4. The summed E-state index contributed by atoms with van der Waals surface area (Å²) in [5.74, 6) is 0.00283. The Labute approximate surface area is 365 Å². The van der Waals surface area contributed by atoms with Crippen LogP contribution in [0.3, 0.4) is 0 Å². The first-order valence-electron chi connectivity index (χ1n) is 19.8. The van der Waals surface area contributed by atoms with Gasteiger partial charge in [-0.05, 0) is 83.7 Å². The Kier molecular flexibility index (Phi) is 10.4. The number of ketones is 2. The largest absolute Gasteiger partial charge is 2.00 e. The molecule has 0 atom stereocenters. The topological polar surface area (TPSA) is 107 Å². The number of hydrogen-bond acceptors (Lipinski definition) is 6. The van der Waals surface area contributed by atoms with Crippen LogP contribution in [-0.4, -0.2) is 34.7 Å². The number of carbonyl (C=O) groups is 2. The molecule has 0 amide bonds. The van der Waals surface area contributed by atoms with Crippen molar-refractivity contribution in [3.05, 3.63) is 179 Å². The molecule has 61 heavy (non-hydrogen) atoms. The first-order valence-corrected chi connectivity index (χ1v) is 19.8. The average molecular weight is 846 g/mol. The fraction of sp³-hybridized carbons (Fsp3) is 0.0769. The van der Waals surface area contributed by atoms with Gasteiger partial charge < -0.3 is 19.4 Å². The van der Waals surface area contributed by atoms with E-state index >= 15 is 0 Å². The number of benzene rings is 4. The molecule has 290 valence electrons. The maximum absolute atomic E-state index is 14.9. The molecule has 3 aliphatic rings. The number of aromatic nitrogens is 4. The van der Waals surface area contributed by atoms with Crippen LogP contribution >= 0.6 is 0 Å². The predicted molar refractivity (Wildman–Crippen MR) is 238 cm³/mol. The van der Waals surface area contributed by atoms with Gasteiger partial charge in [0.2, 0.25) is 5.78 Å². The summed E-state index contributed by atoms with van der Waals surface area (Å²) in [5.41, 5.74) is 11.4. The fourth-order valence-electron chi connectivity index (χ4n) is 8.13. The minimum atomic E-state index is -0.402. The zero-order chi connectivity index (χ0) is 40.9. The predicted octanol–water partition coefficient (Wildman–Crippen LogP) is 11.1. The van der Waals surface area contributed by atoms with E-state index in [0.29, 0.717) is 50.3 Å². The van der Waals surface area contributed by atoms with Crippen molar-refractivity contribution < 1.29 is 38.5 Å². The van der Waals surface area contributed by atoms with Gasteiger partial charge in [0.05, 0.1) is 41.6 Å². The Balaban J connectivity index is 0.00000476. The van der Waals surface area contributed by atoms with E-state index in [-0.39, 0.29) is 42.4 Å². The molecule has 0 radical (unpaired) electrons. The summed E-state index contributed by atoms with van der Waals surface area (Å²) >= 11 is 0. The van der Waals surface area contributed by atoms with E-state index in [9.17, 15) is 9.59 Å². The van der Waals surface area contributed by atoms with E-state index in [1.54, 1.807) is 31.4 Å². The van der Waals surface area contributed by atoms with Crippen LogP contribution in [0.1, 0.15) is 62.9 Å². The molecular formula is C52H36N4O4Zn. The van der Waals surface area contributed by atoms with Crippen LogP contribution in [0.2, 0.25) is 0 Å². The van der Waals surface area contributed by atoms with Crippen LogP contribution in [0.25, 0.3) is 85.3 Å². The minimum absolute atomic E-state index is 0. The molecule has 3 aromatic heterocycles. The van der Waals surface area contributed by atoms with E-state index in [1.807, 2.05) is 147 Å². The van der Waals surface area contributed by atoms with Crippen molar-refractivity contribution in [1.29, 1.82) is 0 Å². The summed E-state index contributed by atoms with van der Waals surface area (Å²) in [6.45, 7) is 3.68. The maximum Gasteiger partial charge on any atom is 2.00 e. The van der Waals surface area contributed by atoms with Crippen molar-refractivity contribution in [1.82, 2.24) is 19.9 Å². The SMILES string of the molecule is COc1ccc(-c2c3nc(c(-c4ccccc4)c4ccc([n-]4)c(C4=C(OC(C)C)C(=O)c5ccccc5C4=O)c4nc(c(-c5ccccc5)c5ccc2[n-]5)C=C4)C=C3)cc1.[Zn+2]. The summed E-state index contributed by atoms with van der Waals surface area (Å²) in [6.07, 6.45) is 7.43. The molecule has 0 saturated heterocycles. The molecule has 1 aliphatic carbocycles. The molecular weight excluding hydrogens is 810 g/mol. The maximum atomic E-state index is 14.9. The first-order chi connectivity index (χ1) is 29.4. The molecule has 0 saturated carbocycles. The van der Waals surface area contributed by atoms with Gasteiger partial charge in [0, 0.05) is 16.7 Å². The van der Waals surface area contributed by atoms with Crippen molar-refractivity contribution >= 4 is 63.5 Å². The van der Waals surface area contributed by atoms with Gasteiger partial charge in [-0.2, -0.15) is 0 Å². The van der Waals surface area contributed by atoms with E-state index in [1.165, 1.54) is 0 Å². The third kappa shape index (κ3) is 6.97. The number of rotatable bonds is 7. The van der Waals surface area contributed by atoms with Gasteiger partial charge in [-0.3, -0.25) is 9.59 Å². The second-order valence-electron chi connectivity index (χ2n) is 14.9. The van der Waals surface area contributed by atoms with Crippen molar-refractivity contribution in [2.24, 2.45) is 0 Å².